The molecule has 3 heterocycles. The van der Waals surface area contributed by atoms with Gasteiger partial charge in [0.25, 0.3) is 0 Å². The Balaban J connectivity index is 1.48. The van der Waals surface area contributed by atoms with E-state index in [-0.39, 0.29) is 11.5 Å². The van der Waals surface area contributed by atoms with Crippen LogP contribution in [-0.4, -0.2) is 21.5 Å². The van der Waals surface area contributed by atoms with E-state index in [2.05, 4.69) is 86.4 Å². The van der Waals surface area contributed by atoms with Crippen LogP contribution in [0.5, 0.6) is 0 Å². The number of benzene rings is 4. The number of aromatic nitrogens is 2. The van der Waals surface area contributed by atoms with Gasteiger partial charge in [-0.1, -0.05) is 93.0 Å². The Morgan fingerprint density at radius 2 is 1.55 bits per heavy atom. The Morgan fingerprint density at radius 1 is 0.810 bits per heavy atom. The van der Waals surface area contributed by atoms with Crippen molar-refractivity contribution in [3.05, 3.63) is 131 Å². The van der Waals surface area contributed by atoms with Gasteiger partial charge >= 0.3 is 0 Å². The first-order valence-electron chi connectivity index (χ1n) is 14.1. The average molecular weight is 571 g/mol. The van der Waals surface area contributed by atoms with Crippen molar-refractivity contribution in [2.75, 3.05) is 10.2 Å². The highest BCUT2D eigenvalue weighted by Gasteiger charge is 2.41. The predicted octanol–water partition coefficient (Wildman–Crippen LogP) is 8.93. The second-order valence-electron chi connectivity index (χ2n) is 11.7. The number of halogens is 1. The van der Waals surface area contributed by atoms with Crippen molar-refractivity contribution in [2.45, 2.75) is 39.2 Å². The van der Waals surface area contributed by atoms with Gasteiger partial charge in [0, 0.05) is 16.3 Å². The van der Waals surface area contributed by atoms with Gasteiger partial charge < -0.3 is 10.2 Å². The zero-order chi connectivity index (χ0) is 29.0. The maximum atomic E-state index is 6.36. The Kier molecular flexibility index (Phi) is 6.24. The number of aryl methyl sites for hydroxylation is 1. The number of fused-ring (bicyclic) bond motifs is 4. The van der Waals surface area contributed by atoms with Crippen LogP contribution in [0.2, 0.25) is 5.02 Å². The van der Waals surface area contributed by atoms with E-state index in [4.69, 9.17) is 26.7 Å². The summed E-state index contributed by atoms with van der Waals surface area (Å²) in [6.07, 6.45) is 0. The SMILES string of the molecule is Cc1nn(-c2ccccc2)c2c1[C@H](c1ccc(C(C)(C)C)cc1)N1C(=N2)C(Nc2cccc(Cl)c2)=Nc2ccccc21. The van der Waals surface area contributed by atoms with Gasteiger partial charge in [-0.3, -0.25) is 0 Å². The molecule has 0 saturated heterocycles. The van der Waals surface area contributed by atoms with E-state index in [1.807, 2.05) is 59.3 Å². The lowest BCUT2D eigenvalue weighted by atomic mass is 9.85. The largest absolute Gasteiger partial charge is 0.337 e. The van der Waals surface area contributed by atoms with E-state index in [1.165, 1.54) is 5.56 Å². The molecule has 1 aromatic heterocycles. The third kappa shape index (κ3) is 4.48. The summed E-state index contributed by atoms with van der Waals surface area (Å²) < 4.78 is 1.95. The fourth-order valence-electron chi connectivity index (χ4n) is 5.73. The monoisotopic (exact) mass is 570 g/mol. The molecular formula is C35H31ClN6. The molecule has 0 saturated carbocycles. The molecule has 0 aliphatic carbocycles. The lowest BCUT2D eigenvalue weighted by molar-refractivity contribution is 0.589. The third-order valence-electron chi connectivity index (χ3n) is 7.82. The summed E-state index contributed by atoms with van der Waals surface area (Å²) in [5.74, 6) is 2.18. The zero-order valence-corrected chi connectivity index (χ0v) is 24.8. The van der Waals surface area contributed by atoms with Crippen LogP contribution < -0.4 is 10.2 Å². The quantitative estimate of drug-likeness (QED) is 0.235. The minimum atomic E-state index is -0.174. The van der Waals surface area contributed by atoms with Crippen LogP contribution in [0.4, 0.5) is 22.9 Å². The van der Waals surface area contributed by atoms with E-state index < -0.39 is 0 Å². The van der Waals surface area contributed by atoms with Crippen LogP contribution >= 0.6 is 11.6 Å². The molecule has 2 aliphatic rings. The highest BCUT2D eigenvalue weighted by atomic mass is 35.5. The topological polar surface area (TPSA) is 57.8 Å². The van der Waals surface area contributed by atoms with Gasteiger partial charge in [0.05, 0.1) is 28.8 Å². The minimum absolute atomic E-state index is 0.0510. The first kappa shape index (κ1) is 26.2. The Bertz CT molecular complexity index is 1860. The number of nitrogens with zero attached hydrogens (tertiary/aromatic N) is 5. The molecule has 0 spiro atoms. The number of anilines is 2. The standard InChI is InChI=1S/C35H31ClN6/c1-22-30-31(23-17-19-24(20-18-23)35(2,3)4)41-29-16-9-8-15-28(29)38-32(37-26-12-10-11-25(36)21-26)34(41)39-33(30)42(40-22)27-13-6-5-7-14-27/h5-21,31H,1-4H3,(H,37,38)/t31-/m0/s1. The van der Waals surface area contributed by atoms with E-state index >= 15 is 0 Å². The molecule has 0 radical (unpaired) electrons. The molecule has 0 bridgehead atoms. The molecule has 0 unspecified atom stereocenters. The molecule has 7 rings (SSSR count). The van der Waals surface area contributed by atoms with Crippen molar-refractivity contribution in [1.29, 1.82) is 0 Å². The van der Waals surface area contributed by atoms with Crippen molar-refractivity contribution < 1.29 is 0 Å². The van der Waals surface area contributed by atoms with Gasteiger partial charge in [0.1, 0.15) is 0 Å². The van der Waals surface area contributed by atoms with Gasteiger partial charge in [-0.15, -0.1) is 0 Å². The normalized spacial score (nSPS) is 15.7. The van der Waals surface area contributed by atoms with Crippen molar-refractivity contribution in [3.63, 3.8) is 0 Å². The summed E-state index contributed by atoms with van der Waals surface area (Å²) in [6.45, 7) is 8.80. The highest BCUT2D eigenvalue weighted by molar-refractivity contribution is 6.51. The van der Waals surface area contributed by atoms with Gasteiger partial charge in [-0.25, -0.2) is 14.7 Å². The molecule has 208 valence electrons. The molecule has 5 aromatic rings. The molecule has 1 atom stereocenters. The third-order valence-corrected chi connectivity index (χ3v) is 8.05. The summed E-state index contributed by atoms with van der Waals surface area (Å²) in [5, 5.41) is 9.21. The van der Waals surface area contributed by atoms with Crippen LogP contribution in [0.1, 0.15) is 49.2 Å². The number of amidine groups is 2. The van der Waals surface area contributed by atoms with Crippen molar-refractivity contribution in [1.82, 2.24) is 9.78 Å². The molecule has 6 nitrogen and oxygen atoms in total. The summed E-state index contributed by atoms with van der Waals surface area (Å²) in [4.78, 5) is 12.7. The number of hydrogen-bond acceptors (Lipinski definition) is 5. The van der Waals surface area contributed by atoms with Crippen LogP contribution in [0.15, 0.2) is 113 Å². The predicted molar refractivity (Wildman–Crippen MR) is 173 cm³/mol. The Morgan fingerprint density at radius 3 is 2.29 bits per heavy atom. The van der Waals surface area contributed by atoms with Gasteiger partial charge in [-0.05, 0) is 65.9 Å². The number of rotatable bonds is 3. The Labute approximate surface area is 251 Å². The first-order valence-corrected chi connectivity index (χ1v) is 14.5. The van der Waals surface area contributed by atoms with Crippen LogP contribution in [-0.2, 0) is 5.41 Å². The van der Waals surface area contributed by atoms with Crippen LogP contribution in [0, 0.1) is 6.92 Å². The lowest BCUT2D eigenvalue weighted by Crippen LogP contribution is -2.46. The number of aliphatic imine (C=N–C) groups is 2. The highest BCUT2D eigenvalue weighted by Crippen LogP contribution is 2.48. The van der Waals surface area contributed by atoms with Crippen molar-refractivity contribution >= 4 is 46.2 Å². The first-order chi connectivity index (χ1) is 20.3. The number of hydrogen-bond donors (Lipinski definition) is 1. The fraction of sp³-hybridized carbons (Fsp3) is 0.171. The lowest BCUT2D eigenvalue weighted by Gasteiger charge is -2.40. The molecule has 1 N–H and O–H groups in total. The second-order valence-corrected chi connectivity index (χ2v) is 12.2. The molecule has 42 heavy (non-hydrogen) atoms. The molecule has 0 fully saturated rings. The van der Waals surface area contributed by atoms with E-state index in [9.17, 15) is 0 Å². The smallest absolute Gasteiger partial charge is 0.179 e. The van der Waals surface area contributed by atoms with Gasteiger partial charge in [-0.2, -0.15) is 5.10 Å². The summed E-state index contributed by atoms with van der Waals surface area (Å²) in [6, 6.07) is 34.9. The zero-order valence-electron chi connectivity index (χ0n) is 24.0. The summed E-state index contributed by atoms with van der Waals surface area (Å²) in [7, 11) is 0. The number of para-hydroxylation sites is 3. The molecule has 2 aliphatic heterocycles. The van der Waals surface area contributed by atoms with E-state index in [0.29, 0.717) is 10.9 Å². The second kappa shape index (κ2) is 10.00. The molecule has 4 aromatic carbocycles. The Hall–Kier alpha value is -4.68. The number of nitrogens with one attached hydrogen (secondary N) is 1. The van der Waals surface area contributed by atoms with Gasteiger partial charge in [0.2, 0.25) is 0 Å². The summed E-state index contributed by atoms with van der Waals surface area (Å²) >= 11 is 6.36. The molecular weight excluding hydrogens is 540 g/mol. The molecule has 0 amide bonds. The van der Waals surface area contributed by atoms with Crippen LogP contribution in [0.25, 0.3) is 5.69 Å². The average Bonchev–Trinajstić information content (AvgIpc) is 3.32. The fourth-order valence-corrected chi connectivity index (χ4v) is 5.92. The summed E-state index contributed by atoms with van der Waals surface area (Å²) in [5.41, 5.74) is 8.17. The van der Waals surface area contributed by atoms with E-state index in [1.54, 1.807) is 0 Å². The van der Waals surface area contributed by atoms with E-state index in [0.717, 1.165) is 51.2 Å². The van der Waals surface area contributed by atoms with Crippen LogP contribution in [0.3, 0.4) is 0 Å². The minimum Gasteiger partial charge on any atom is -0.337 e. The van der Waals surface area contributed by atoms with Crippen molar-refractivity contribution in [2.24, 2.45) is 9.98 Å². The van der Waals surface area contributed by atoms with Crippen molar-refractivity contribution in [3.8, 4) is 5.69 Å². The van der Waals surface area contributed by atoms with Gasteiger partial charge in [0.15, 0.2) is 17.5 Å². The maximum Gasteiger partial charge on any atom is 0.179 e. The maximum absolute atomic E-state index is 6.36. The molecule has 7 heteroatoms.